The molecule has 0 spiro atoms. The van der Waals surface area contributed by atoms with Gasteiger partial charge in [0.1, 0.15) is 5.60 Å². The minimum atomic E-state index is -0.638. The largest absolute Gasteiger partial charge is 0.459 e. The van der Waals surface area contributed by atoms with Gasteiger partial charge in [-0.2, -0.15) is 0 Å². The molecule has 5 fully saturated rings. The van der Waals surface area contributed by atoms with Gasteiger partial charge in [0.25, 0.3) is 0 Å². The van der Waals surface area contributed by atoms with Crippen LogP contribution in [0, 0.1) is 29.6 Å². The zero-order valence-electron chi connectivity index (χ0n) is 18.2. The van der Waals surface area contributed by atoms with Crippen molar-refractivity contribution in [2.45, 2.75) is 115 Å². The third-order valence-electron chi connectivity index (χ3n) is 9.02. The van der Waals surface area contributed by atoms with Crippen LogP contribution in [0.1, 0.15) is 78.6 Å². The van der Waals surface area contributed by atoms with Crippen molar-refractivity contribution >= 4 is 5.97 Å². The second kappa shape index (κ2) is 7.49. The van der Waals surface area contributed by atoms with Crippen molar-refractivity contribution in [1.29, 1.82) is 0 Å². The molecule has 2 saturated carbocycles. The highest BCUT2D eigenvalue weighted by atomic mass is 16.6. The Bertz CT molecular complexity index is 637. The van der Waals surface area contributed by atoms with E-state index in [1.165, 1.54) is 19.3 Å². The average Bonchev–Trinajstić information content (AvgIpc) is 3.44. The van der Waals surface area contributed by atoms with Crippen LogP contribution in [0.4, 0.5) is 0 Å². The van der Waals surface area contributed by atoms with Crippen LogP contribution in [0.3, 0.4) is 0 Å². The molecular weight excluding hydrogens is 368 g/mol. The molecule has 3 aliphatic heterocycles. The number of hydrogen-bond acceptors (Lipinski definition) is 5. The van der Waals surface area contributed by atoms with Gasteiger partial charge in [-0.15, -0.1) is 0 Å². The van der Waals surface area contributed by atoms with Crippen molar-refractivity contribution in [3.8, 4) is 0 Å². The van der Waals surface area contributed by atoms with E-state index in [0.717, 1.165) is 31.6 Å². The standard InChI is InChI=1S/C24H38O5/c1-4-17-21-19-10-14(23(28-19)22(21)18(5-2)27-17)9-16(25)11-20(26)29-24(3)12-13-6-7-15(24)8-13/h13-19,21-23,25H,4-12H2,1-3H3. The van der Waals surface area contributed by atoms with Gasteiger partial charge < -0.3 is 19.3 Å². The molecule has 5 heteroatoms. The van der Waals surface area contributed by atoms with Gasteiger partial charge >= 0.3 is 5.97 Å². The Balaban J connectivity index is 1.15. The summed E-state index contributed by atoms with van der Waals surface area (Å²) in [6.45, 7) is 6.50. The third-order valence-corrected chi connectivity index (χ3v) is 9.02. The lowest BCUT2D eigenvalue weighted by Crippen LogP contribution is -2.40. The van der Waals surface area contributed by atoms with E-state index in [0.29, 0.717) is 36.2 Å². The number of carbonyl (C=O) groups excluding carboxylic acids is 1. The first kappa shape index (κ1) is 20.3. The van der Waals surface area contributed by atoms with E-state index in [9.17, 15) is 9.90 Å². The van der Waals surface area contributed by atoms with Crippen molar-refractivity contribution in [3.05, 3.63) is 0 Å². The van der Waals surface area contributed by atoms with Gasteiger partial charge in [-0.25, -0.2) is 0 Å². The molecule has 4 bridgehead atoms. The summed E-state index contributed by atoms with van der Waals surface area (Å²) in [4.78, 5) is 12.6. The number of ether oxygens (including phenoxy) is 3. The number of aliphatic hydroxyl groups excluding tert-OH is 1. The number of esters is 1. The van der Waals surface area contributed by atoms with Crippen molar-refractivity contribution in [2.24, 2.45) is 29.6 Å². The Morgan fingerprint density at radius 1 is 1.14 bits per heavy atom. The molecule has 2 aliphatic carbocycles. The molecule has 5 rings (SSSR count). The zero-order chi connectivity index (χ0) is 20.3. The van der Waals surface area contributed by atoms with E-state index >= 15 is 0 Å². The van der Waals surface area contributed by atoms with Crippen LogP contribution < -0.4 is 0 Å². The quantitative estimate of drug-likeness (QED) is 0.651. The van der Waals surface area contributed by atoms with E-state index in [1.54, 1.807) is 0 Å². The van der Waals surface area contributed by atoms with E-state index < -0.39 is 6.10 Å². The van der Waals surface area contributed by atoms with Crippen LogP contribution in [0.25, 0.3) is 0 Å². The first-order valence-electron chi connectivity index (χ1n) is 12.1. The molecule has 0 aromatic carbocycles. The normalized spacial score (nSPS) is 50.8. The average molecular weight is 407 g/mol. The van der Waals surface area contributed by atoms with Crippen molar-refractivity contribution < 1.29 is 24.1 Å². The van der Waals surface area contributed by atoms with Crippen LogP contribution in [0.15, 0.2) is 0 Å². The summed E-state index contributed by atoms with van der Waals surface area (Å²) in [5.41, 5.74) is -0.298. The Morgan fingerprint density at radius 3 is 2.55 bits per heavy atom. The summed E-state index contributed by atoms with van der Waals surface area (Å²) >= 11 is 0. The number of rotatable bonds is 7. The topological polar surface area (TPSA) is 65.0 Å². The number of fused-ring (bicyclic) bond motifs is 7. The fourth-order valence-electron chi connectivity index (χ4n) is 7.85. The van der Waals surface area contributed by atoms with Crippen LogP contribution in [-0.2, 0) is 19.0 Å². The van der Waals surface area contributed by atoms with Gasteiger partial charge in [-0.05, 0) is 76.0 Å². The molecule has 1 N–H and O–H groups in total. The molecule has 0 radical (unpaired) electrons. The summed E-state index contributed by atoms with van der Waals surface area (Å²) in [6, 6.07) is 0. The lowest BCUT2D eigenvalue weighted by atomic mass is 9.69. The van der Waals surface area contributed by atoms with Gasteiger partial charge in [-0.1, -0.05) is 13.8 Å². The third kappa shape index (κ3) is 3.36. The molecular formula is C24H38O5. The first-order valence-corrected chi connectivity index (χ1v) is 12.1. The van der Waals surface area contributed by atoms with Crippen LogP contribution >= 0.6 is 0 Å². The lowest BCUT2D eigenvalue weighted by molar-refractivity contribution is -0.165. The van der Waals surface area contributed by atoms with Crippen molar-refractivity contribution in [2.75, 3.05) is 0 Å². The van der Waals surface area contributed by atoms with E-state index in [1.807, 2.05) is 0 Å². The molecule has 29 heavy (non-hydrogen) atoms. The summed E-state index contributed by atoms with van der Waals surface area (Å²) in [5.74, 6) is 2.33. The predicted molar refractivity (Wildman–Crippen MR) is 108 cm³/mol. The molecule has 0 amide bonds. The molecule has 5 nitrogen and oxygen atoms in total. The Morgan fingerprint density at radius 2 is 1.90 bits per heavy atom. The Hall–Kier alpha value is -0.650. The minimum absolute atomic E-state index is 0.111. The fraction of sp³-hybridized carbons (Fsp3) is 0.958. The maximum absolute atomic E-state index is 12.6. The van der Waals surface area contributed by atoms with Gasteiger partial charge in [0, 0.05) is 11.8 Å². The summed E-state index contributed by atoms with van der Waals surface area (Å²) in [7, 11) is 0. The highest BCUT2D eigenvalue weighted by molar-refractivity contribution is 5.70. The maximum atomic E-state index is 12.6. The summed E-state index contributed by atoms with van der Waals surface area (Å²) < 4.78 is 18.6. The summed E-state index contributed by atoms with van der Waals surface area (Å²) in [6.07, 6.45) is 8.89. The first-order chi connectivity index (χ1) is 13.9. The number of carbonyl (C=O) groups is 1. The highest BCUT2D eigenvalue weighted by Crippen LogP contribution is 2.56. The molecule has 3 saturated heterocycles. The molecule has 11 unspecified atom stereocenters. The monoisotopic (exact) mass is 406 g/mol. The van der Waals surface area contributed by atoms with E-state index in [-0.39, 0.29) is 36.3 Å². The van der Waals surface area contributed by atoms with Crippen molar-refractivity contribution in [3.63, 3.8) is 0 Å². The molecule has 164 valence electrons. The van der Waals surface area contributed by atoms with Crippen LogP contribution in [-0.4, -0.2) is 47.2 Å². The van der Waals surface area contributed by atoms with Gasteiger partial charge in [0.2, 0.25) is 0 Å². The molecule has 0 aromatic heterocycles. The maximum Gasteiger partial charge on any atom is 0.308 e. The zero-order valence-corrected chi connectivity index (χ0v) is 18.2. The van der Waals surface area contributed by atoms with Gasteiger partial charge in [-0.3, -0.25) is 4.79 Å². The number of hydrogen-bond donors (Lipinski definition) is 1. The van der Waals surface area contributed by atoms with E-state index in [2.05, 4.69) is 20.8 Å². The van der Waals surface area contributed by atoms with E-state index in [4.69, 9.17) is 14.2 Å². The second-order valence-electron chi connectivity index (χ2n) is 10.8. The smallest absolute Gasteiger partial charge is 0.308 e. The van der Waals surface area contributed by atoms with Crippen LogP contribution in [0.5, 0.6) is 0 Å². The fourth-order valence-corrected chi connectivity index (χ4v) is 7.85. The molecule has 11 atom stereocenters. The van der Waals surface area contributed by atoms with Gasteiger partial charge in [0.15, 0.2) is 0 Å². The number of aliphatic hydroxyl groups is 1. The lowest BCUT2D eigenvalue weighted by Gasteiger charge is -2.34. The van der Waals surface area contributed by atoms with Crippen molar-refractivity contribution in [1.82, 2.24) is 0 Å². The molecule has 5 aliphatic rings. The predicted octanol–water partition coefficient (Wildman–Crippen LogP) is 3.86. The van der Waals surface area contributed by atoms with Gasteiger partial charge in [0.05, 0.1) is 36.9 Å². The van der Waals surface area contributed by atoms with Crippen LogP contribution in [0.2, 0.25) is 0 Å². The minimum Gasteiger partial charge on any atom is -0.459 e. The molecule has 3 heterocycles. The highest BCUT2D eigenvalue weighted by Gasteiger charge is 2.62. The Kier molecular flexibility index (Phi) is 5.23. The Labute approximate surface area is 174 Å². The summed E-state index contributed by atoms with van der Waals surface area (Å²) in [5, 5.41) is 10.7. The second-order valence-corrected chi connectivity index (χ2v) is 10.8. The SMILES string of the molecule is CCC1OC(CC)C2C3OC(CC3CC(O)CC(=O)OC3(C)CC4CCC3C4)C12. The molecule has 0 aromatic rings.